The molecule has 0 amide bonds. The van der Waals surface area contributed by atoms with E-state index >= 15 is 0 Å². The maximum absolute atomic E-state index is 12.8. The molecule has 0 radical (unpaired) electrons. The van der Waals surface area contributed by atoms with E-state index < -0.39 is 11.9 Å². The van der Waals surface area contributed by atoms with Gasteiger partial charge in [0.25, 0.3) is 0 Å². The summed E-state index contributed by atoms with van der Waals surface area (Å²) in [4.78, 5) is 7.61. The van der Waals surface area contributed by atoms with Gasteiger partial charge in [0.15, 0.2) is 5.69 Å². The number of alkyl halides is 3. The lowest BCUT2D eigenvalue weighted by Crippen LogP contribution is -2.18. The van der Waals surface area contributed by atoms with Gasteiger partial charge in [0, 0.05) is 18.3 Å². The summed E-state index contributed by atoms with van der Waals surface area (Å²) in [5.74, 6) is 0.612. The van der Waals surface area contributed by atoms with E-state index in [9.17, 15) is 13.2 Å². The van der Waals surface area contributed by atoms with Gasteiger partial charge in [-0.25, -0.2) is 9.97 Å². The fourth-order valence-electron chi connectivity index (χ4n) is 1.32. The van der Waals surface area contributed by atoms with Crippen LogP contribution in [-0.2, 0) is 18.5 Å². The van der Waals surface area contributed by atoms with Crippen LogP contribution in [0.4, 0.5) is 13.2 Å². The summed E-state index contributed by atoms with van der Waals surface area (Å²) in [5.41, 5.74) is -0.769. The van der Waals surface area contributed by atoms with Crippen LogP contribution in [0.25, 0.3) is 0 Å². The van der Waals surface area contributed by atoms with Crippen molar-refractivity contribution in [1.82, 2.24) is 15.3 Å². The van der Waals surface area contributed by atoms with Crippen molar-refractivity contribution in [3.05, 3.63) is 23.3 Å². The molecule has 3 nitrogen and oxygen atoms in total. The highest BCUT2D eigenvalue weighted by atomic mass is 32.2. The van der Waals surface area contributed by atoms with Gasteiger partial charge >= 0.3 is 6.18 Å². The molecule has 0 saturated heterocycles. The standard InChI is InChI=1S/C11H16F3N3S/c1-7(2)18-6-9-16-5-8(4-15-3)10(17-9)11(12,13)14/h5,7,15H,4,6H2,1-3H3. The third-order valence-corrected chi connectivity index (χ3v) is 3.19. The van der Waals surface area contributed by atoms with Crippen molar-refractivity contribution in [3.63, 3.8) is 0 Å². The number of rotatable bonds is 5. The van der Waals surface area contributed by atoms with Gasteiger partial charge in [-0.3, -0.25) is 0 Å². The SMILES string of the molecule is CNCc1cnc(CSC(C)C)nc1C(F)(F)F. The number of nitrogens with one attached hydrogen (secondary N) is 1. The Morgan fingerprint density at radius 1 is 1.39 bits per heavy atom. The summed E-state index contributed by atoms with van der Waals surface area (Å²) >= 11 is 1.51. The van der Waals surface area contributed by atoms with Crippen LogP contribution in [0, 0.1) is 0 Å². The molecular weight excluding hydrogens is 263 g/mol. The molecule has 0 saturated carbocycles. The van der Waals surface area contributed by atoms with E-state index in [1.54, 1.807) is 7.05 Å². The van der Waals surface area contributed by atoms with Crippen molar-refractivity contribution >= 4 is 11.8 Å². The van der Waals surface area contributed by atoms with Gasteiger partial charge < -0.3 is 5.32 Å². The molecule has 1 heterocycles. The van der Waals surface area contributed by atoms with Crippen molar-refractivity contribution in [2.75, 3.05) is 7.05 Å². The highest BCUT2D eigenvalue weighted by molar-refractivity contribution is 7.99. The Bertz CT molecular complexity index is 394. The maximum Gasteiger partial charge on any atom is 0.433 e. The fraction of sp³-hybridized carbons (Fsp3) is 0.636. The summed E-state index contributed by atoms with van der Waals surface area (Å²) in [6, 6.07) is 0. The Balaban J connectivity index is 2.98. The molecule has 0 bridgehead atoms. The first kappa shape index (κ1) is 15.2. The molecule has 18 heavy (non-hydrogen) atoms. The zero-order valence-corrected chi connectivity index (χ0v) is 11.3. The summed E-state index contributed by atoms with van der Waals surface area (Å²) in [7, 11) is 1.59. The quantitative estimate of drug-likeness (QED) is 0.899. The van der Waals surface area contributed by atoms with Crippen LogP contribution < -0.4 is 5.32 Å². The summed E-state index contributed by atoms with van der Waals surface area (Å²) in [5, 5.41) is 3.01. The Labute approximate surface area is 109 Å². The van der Waals surface area contributed by atoms with E-state index in [1.165, 1.54) is 18.0 Å². The van der Waals surface area contributed by atoms with Crippen molar-refractivity contribution in [3.8, 4) is 0 Å². The number of halogens is 3. The second-order valence-corrected chi connectivity index (χ2v) is 5.61. The number of hydrogen-bond donors (Lipinski definition) is 1. The third-order valence-electron chi connectivity index (χ3n) is 2.10. The largest absolute Gasteiger partial charge is 0.433 e. The molecule has 102 valence electrons. The molecule has 0 spiro atoms. The van der Waals surface area contributed by atoms with E-state index in [2.05, 4.69) is 15.3 Å². The van der Waals surface area contributed by atoms with Crippen LogP contribution in [0.15, 0.2) is 6.20 Å². The Morgan fingerprint density at radius 2 is 2.06 bits per heavy atom. The molecule has 0 atom stereocenters. The fourth-order valence-corrected chi connectivity index (χ4v) is 1.94. The van der Waals surface area contributed by atoms with Crippen LogP contribution in [-0.4, -0.2) is 22.3 Å². The van der Waals surface area contributed by atoms with Gasteiger partial charge in [0.1, 0.15) is 5.82 Å². The van der Waals surface area contributed by atoms with Gasteiger partial charge in [-0.15, -0.1) is 0 Å². The first-order valence-corrected chi connectivity index (χ1v) is 6.57. The molecule has 0 aromatic carbocycles. The number of nitrogens with zero attached hydrogens (tertiary/aromatic N) is 2. The summed E-state index contributed by atoms with van der Waals surface area (Å²) in [6.07, 6.45) is -3.19. The molecule has 0 aliphatic rings. The van der Waals surface area contributed by atoms with E-state index in [-0.39, 0.29) is 17.9 Å². The lowest BCUT2D eigenvalue weighted by Gasteiger charge is -2.12. The molecule has 1 aromatic rings. The number of aromatic nitrogens is 2. The first-order chi connectivity index (χ1) is 8.34. The Morgan fingerprint density at radius 3 is 2.56 bits per heavy atom. The topological polar surface area (TPSA) is 37.8 Å². The lowest BCUT2D eigenvalue weighted by molar-refractivity contribution is -0.142. The Kier molecular flexibility index (Phi) is 5.40. The van der Waals surface area contributed by atoms with E-state index in [1.807, 2.05) is 13.8 Å². The summed E-state index contributed by atoms with van der Waals surface area (Å²) < 4.78 is 38.5. The first-order valence-electron chi connectivity index (χ1n) is 5.52. The predicted molar refractivity (Wildman–Crippen MR) is 66.2 cm³/mol. The van der Waals surface area contributed by atoms with E-state index in [0.29, 0.717) is 11.0 Å². The maximum atomic E-state index is 12.8. The van der Waals surface area contributed by atoms with Crippen LogP contribution in [0.2, 0.25) is 0 Å². The molecule has 7 heteroatoms. The highest BCUT2D eigenvalue weighted by Crippen LogP contribution is 2.30. The normalized spacial score (nSPS) is 12.2. The van der Waals surface area contributed by atoms with Crippen LogP contribution in [0.1, 0.15) is 30.9 Å². The summed E-state index contributed by atoms with van der Waals surface area (Å²) in [6.45, 7) is 4.06. The second kappa shape index (κ2) is 6.38. The van der Waals surface area contributed by atoms with Crippen LogP contribution in [0.5, 0.6) is 0 Å². The molecule has 1 aromatic heterocycles. The van der Waals surface area contributed by atoms with Gasteiger partial charge in [-0.1, -0.05) is 13.8 Å². The smallest absolute Gasteiger partial charge is 0.316 e. The zero-order chi connectivity index (χ0) is 13.8. The van der Waals surface area contributed by atoms with Crippen molar-refractivity contribution in [1.29, 1.82) is 0 Å². The average Bonchev–Trinajstić information content (AvgIpc) is 2.26. The van der Waals surface area contributed by atoms with Crippen LogP contribution >= 0.6 is 11.8 Å². The van der Waals surface area contributed by atoms with Crippen LogP contribution in [0.3, 0.4) is 0 Å². The molecule has 0 fully saturated rings. The predicted octanol–water partition coefficient (Wildman–Crippen LogP) is 2.86. The molecule has 0 aliphatic carbocycles. The highest BCUT2D eigenvalue weighted by Gasteiger charge is 2.35. The molecule has 0 unspecified atom stereocenters. The van der Waals surface area contributed by atoms with Gasteiger partial charge in [-0.2, -0.15) is 24.9 Å². The van der Waals surface area contributed by atoms with Crippen molar-refractivity contribution < 1.29 is 13.2 Å². The minimum Gasteiger partial charge on any atom is -0.316 e. The Hall–Kier alpha value is -0.820. The number of hydrogen-bond acceptors (Lipinski definition) is 4. The van der Waals surface area contributed by atoms with E-state index in [0.717, 1.165) is 0 Å². The second-order valence-electron chi connectivity index (χ2n) is 4.05. The third kappa shape index (κ3) is 4.45. The van der Waals surface area contributed by atoms with E-state index in [4.69, 9.17) is 0 Å². The van der Waals surface area contributed by atoms with Crippen molar-refractivity contribution in [2.24, 2.45) is 0 Å². The monoisotopic (exact) mass is 279 g/mol. The molecule has 1 rings (SSSR count). The molecular formula is C11H16F3N3S. The lowest BCUT2D eigenvalue weighted by atomic mass is 10.2. The minimum absolute atomic E-state index is 0.0725. The minimum atomic E-state index is -4.44. The van der Waals surface area contributed by atoms with Gasteiger partial charge in [0.05, 0.1) is 5.75 Å². The van der Waals surface area contributed by atoms with Gasteiger partial charge in [0.2, 0.25) is 0 Å². The average molecular weight is 279 g/mol. The molecule has 1 N–H and O–H groups in total. The number of thioether (sulfide) groups is 1. The zero-order valence-electron chi connectivity index (χ0n) is 10.5. The molecule has 0 aliphatic heterocycles. The van der Waals surface area contributed by atoms with Crippen molar-refractivity contribution in [2.45, 2.75) is 37.6 Å². The van der Waals surface area contributed by atoms with Gasteiger partial charge in [-0.05, 0) is 12.3 Å².